The van der Waals surface area contributed by atoms with E-state index in [2.05, 4.69) is 4.98 Å². The Morgan fingerprint density at radius 3 is 3.50 bits per heavy atom. The van der Waals surface area contributed by atoms with Crippen molar-refractivity contribution in [1.29, 1.82) is 0 Å². The first-order valence-electron chi connectivity index (χ1n) is 2.23. The van der Waals surface area contributed by atoms with Crippen molar-refractivity contribution in [2.45, 2.75) is 0 Å². The molecule has 0 aliphatic rings. The van der Waals surface area contributed by atoms with Gasteiger partial charge in [-0.25, -0.2) is 0 Å². The van der Waals surface area contributed by atoms with Crippen LogP contribution in [0.25, 0.3) is 9.97 Å². The summed E-state index contributed by atoms with van der Waals surface area (Å²) in [6.45, 7) is 0. The summed E-state index contributed by atoms with van der Waals surface area (Å²) in [6, 6.07) is 1.89. The molecule has 2 aromatic heterocycles. The molecule has 0 bridgehead atoms. The molecule has 2 rings (SSSR count). The summed E-state index contributed by atoms with van der Waals surface area (Å²) in [6.07, 6.45) is 1.68. The number of fused-ring (bicyclic) bond motifs is 1. The van der Waals surface area contributed by atoms with E-state index in [-0.39, 0.29) is 0 Å². The van der Waals surface area contributed by atoms with Crippen LogP contribution in [-0.4, -0.2) is 19.5 Å². The van der Waals surface area contributed by atoms with E-state index in [9.17, 15) is 0 Å². The fourth-order valence-electron chi connectivity index (χ4n) is 0.604. The maximum absolute atomic E-state index is 5.08. The molecule has 40 valence electrons. The van der Waals surface area contributed by atoms with Crippen LogP contribution in [0.5, 0.6) is 0 Å². The molecule has 2 nitrogen and oxygen atoms in total. The molecule has 0 spiro atoms. The van der Waals surface area contributed by atoms with Crippen molar-refractivity contribution in [3.05, 3.63) is 17.4 Å². The third kappa shape index (κ3) is 0.457. The number of hydrogen-bond acceptors (Lipinski definition) is 2. The predicted molar refractivity (Wildman–Crippen MR) is 30.9 cm³/mol. The Kier molecular flexibility index (Phi) is 0.801. The fourth-order valence-corrected chi connectivity index (χ4v) is 1.89. The summed E-state index contributed by atoms with van der Waals surface area (Å²) in [5, 5.41) is 1.92. The zero-order valence-electron chi connectivity index (χ0n) is 4.00. The van der Waals surface area contributed by atoms with Crippen LogP contribution in [0.4, 0.5) is 0 Å². The quantitative estimate of drug-likeness (QED) is 0.551. The molecule has 0 unspecified atom stereocenters. The van der Waals surface area contributed by atoms with Crippen LogP contribution in [-0.2, 0) is 0 Å². The average Bonchev–Trinajstić information content (AvgIpc) is 2.15. The molecule has 2 aromatic rings. The molecule has 0 N–H and O–H groups in total. The molecule has 0 aromatic carbocycles. The molecular weight excluding hydrogens is 169 g/mol. The van der Waals surface area contributed by atoms with Gasteiger partial charge in [0.15, 0.2) is 0 Å². The summed E-state index contributed by atoms with van der Waals surface area (Å²) >= 11 is 0.374. The molecule has 0 saturated heterocycles. The Bertz CT molecular complexity index is 234. The van der Waals surface area contributed by atoms with E-state index in [1.807, 2.05) is 11.1 Å². The van der Waals surface area contributed by atoms with Gasteiger partial charge >= 0.3 is 51.3 Å². The average molecular weight is 172 g/mol. The fraction of sp³-hybridized carbons (Fsp3) is 0. The van der Waals surface area contributed by atoms with Crippen molar-refractivity contribution >= 4 is 24.5 Å². The summed E-state index contributed by atoms with van der Waals surface area (Å²) in [7, 11) is 0. The van der Waals surface area contributed by atoms with Gasteiger partial charge in [0, 0.05) is 0 Å². The van der Waals surface area contributed by atoms with Crippen LogP contribution < -0.4 is 0 Å². The van der Waals surface area contributed by atoms with Gasteiger partial charge in [-0.2, -0.15) is 0 Å². The van der Waals surface area contributed by atoms with Crippen LogP contribution >= 0.6 is 0 Å². The Morgan fingerprint density at radius 2 is 2.62 bits per heavy atom. The normalized spacial score (nSPS) is 10.5. The Labute approximate surface area is 51.9 Å². The van der Waals surface area contributed by atoms with E-state index >= 15 is 0 Å². The second-order valence-electron chi connectivity index (χ2n) is 1.45. The minimum atomic E-state index is 0.374. The monoisotopic (exact) mass is 173 g/mol. The Hall–Kier alpha value is -0.531. The first kappa shape index (κ1) is 4.36. The second-order valence-corrected chi connectivity index (χ2v) is 3.16. The summed E-state index contributed by atoms with van der Waals surface area (Å²) in [4.78, 5) is 4.07. The number of rotatable bonds is 0. The number of nitrogens with zero attached hydrogens (tertiary/aromatic N) is 1. The van der Waals surface area contributed by atoms with Gasteiger partial charge in [0.25, 0.3) is 0 Å². The number of aromatic nitrogens is 1. The Morgan fingerprint density at radius 1 is 1.62 bits per heavy atom. The SMILES string of the molecule is c1cc2nc[se]c2o1. The van der Waals surface area contributed by atoms with Crippen LogP contribution in [0.1, 0.15) is 0 Å². The molecule has 8 heavy (non-hydrogen) atoms. The van der Waals surface area contributed by atoms with Gasteiger partial charge in [0.1, 0.15) is 0 Å². The zero-order valence-corrected chi connectivity index (χ0v) is 5.71. The van der Waals surface area contributed by atoms with Crippen LogP contribution in [0.15, 0.2) is 21.8 Å². The van der Waals surface area contributed by atoms with Gasteiger partial charge in [0.2, 0.25) is 0 Å². The van der Waals surface area contributed by atoms with Gasteiger partial charge in [-0.3, -0.25) is 0 Å². The third-order valence-electron chi connectivity index (χ3n) is 0.962. The zero-order chi connectivity index (χ0) is 5.40. The van der Waals surface area contributed by atoms with E-state index in [1.165, 1.54) is 0 Å². The summed E-state index contributed by atoms with van der Waals surface area (Å²) < 4.78 is 6.13. The van der Waals surface area contributed by atoms with Gasteiger partial charge in [-0.1, -0.05) is 0 Å². The molecule has 0 aliphatic heterocycles. The standard InChI is InChI=1S/C5H3NOSe/c1-2-7-5-4(1)6-3-8-5/h1-3H. The van der Waals surface area contributed by atoms with Gasteiger partial charge < -0.3 is 0 Å². The molecule has 0 atom stereocenters. The molecule has 0 amide bonds. The van der Waals surface area contributed by atoms with Crippen molar-refractivity contribution in [3.8, 4) is 0 Å². The van der Waals surface area contributed by atoms with Crippen molar-refractivity contribution in [3.63, 3.8) is 0 Å². The van der Waals surface area contributed by atoms with Crippen molar-refractivity contribution in [1.82, 2.24) is 4.98 Å². The van der Waals surface area contributed by atoms with Crippen molar-refractivity contribution in [2.75, 3.05) is 0 Å². The summed E-state index contributed by atoms with van der Waals surface area (Å²) in [5.41, 5.74) is 1.02. The van der Waals surface area contributed by atoms with E-state index in [0.717, 1.165) is 9.97 Å². The van der Waals surface area contributed by atoms with Crippen LogP contribution in [0.3, 0.4) is 0 Å². The second kappa shape index (κ2) is 1.47. The summed E-state index contributed by atoms with van der Waals surface area (Å²) in [5.74, 6) is 0. The maximum atomic E-state index is 5.08. The molecule has 0 fully saturated rings. The van der Waals surface area contributed by atoms with Gasteiger partial charge in [0.05, 0.1) is 0 Å². The molecule has 2 heterocycles. The van der Waals surface area contributed by atoms with E-state index < -0.39 is 0 Å². The first-order valence-corrected chi connectivity index (χ1v) is 4.08. The van der Waals surface area contributed by atoms with Gasteiger partial charge in [-0.15, -0.1) is 0 Å². The van der Waals surface area contributed by atoms with E-state index in [0.29, 0.717) is 14.5 Å². The third-order valence-corrected chi connectivity index (χ3v) is 2.49. The predicted octanol–water partition coefficient (Wildman–Crippen LogP) is 0.885. The molecular formula is C5H3NOSe. The van der Waals surface area contributed by atoms with Crippen LogP contribution in [0, 0.1) is 0 Å². The molecule has 0 saturated carbocycles. The molecule has 3 heteroatoms. The Balaban J connectivity index is 3.06. The molecule has 0 aliphatic carbocycles. The van der Waals surface area contributed by atoms with Crippen LogP contribution in [0.2, 0.25) is 0 Å². The first-order chi connectivity index (χ1) is 3.97. The topological polar surface area (TPSA) is 26.0 Å². The van der Waals surface area contributed by atoms with Crippen molar-refractivity contribution in [2.24, 2.45) is 0 Å². The molecule has 0 radical (unpaired) electrons. The van der Waals surface area contributed by atoms with E-state index in [1.54, 1.807) is 6.26 Å². The van der Waals surface area contributed by atoms with Gasteiger partial charge in [-0.05, 0) is 0 Å². The van der Waals surface area contributed by atoms with Crippen molar-refractivity contribution < 1.29 is 4.42 Å². The van der Waals surface area contributed by atoms with E-state index in [4.69, 9.17) is 4.42 Å². The minimum absolute atomic E-state index is 0.374. The number of hydrogen-bond donors (Lipinski definition) is 0. The number of furan rings is 1.